The zero-order chi connectivity index (χ0) is 14.7. The van der Waals surface area contributed by atoms with Crippen LogP contribution in [0.2, 0.25) is 0 Å². The fourth-order valence-corrected chi connectivity index (χ4v) is 3.07. The van der Waals surface area contributed by atoms with Gasteiger partial charge in [0, 0.05) is 38.8 Å². The van der Waals surface area contributed by atoms with Gasteiger partial charge in [0.25, 0.3) is 0 Å². The molecule has 1 aliphatic heterocycles. The van der Waals surface area contributed by atoms with Gasteiger partial charge in [-0.05, 0) is 6.42 Å². The Morgan fingerprint density at radius 1 is 1.24 bits per heavy atom. The number of imidazole rings is 1. The Kier molecular flexibility index (Phi) is 4.31. The van der Waals surface area contributed by atoms with Crippen molar-refractivity contribution >= 4 is 17.0 Å². The number of rotatable bonds is 5. The van der Waals surface area contributed by atoms with Crippen molar-refractivity contribution in [2.75, 3.05) is 37.6 Å². The van der Waals surface area contributed by atoms with Crippen molar-refractivity contribution in [3.05, 3.63) is 12.7 Å². The fraction of sp³-hybridized carbons (Fsp3) is 0.643. The van der Waals surface area contributed by atoms with Crippen LogP contribution in [0, 0.1) is 0 Å². The minimum atomic E-state index is 0.509. The Bertz CT molecular complexity index is 573. The lowest BCUT2D eigenvalue weighted by atomic mass is 10.1. The minimum Gasteiger partial charge on any atom is -0.352 e. The first kappa shape index (κ1) is 14.2. The normalized spacial score (nSPS) is 18.3. The van der Waals surface area contributed by atoms with Crippen LogP contribution in [0.5, 0.6) is 0 Å². The molecule has 3 rings (SSSR count). The highest BCUT2D eigenvalue weighted by atomic mass is 15.3. The molecule has 2 aromatic rings. The molecule has 0 amide bonds. The molecule has 1 fully saturated rings. The van der Waals surface area contributed by atoms with E-state index in [-0.39, 0.29) is 0 Å². The van der Waals surface area contributed by atoms with Crippen LogP contribution < -0.4 is 10.6 Å². The number of fused-ring (bicyclic) bond motifs is 1. The molecular formula is C14H23N7. The van der Waals surface area contributed by atoms with Gasteiger partial charge in [-0.3, -0.25) is 4.90 Å². The smallest absolute Gasteiger partial charge is 0.182 e. The number of aromatic amines is 1. The largest absolute Gasteiger partial charge is 0.352 e. The second-order valence-electron chi connectivity index (χ2n) is 5.50. The topological polar surface area (TPSA) is 87.0 Å². The summed E-state index contributed by atoms with van der Waals surface area (Å²) in [5.41, 5.74) is 7.56. The second kappa shape index (κ2) is 6.36. The number of anilines is 1. The molecule has 21 heavy (non-hydrogen) atoms. The number of nitrogens with zero attached hydrogens (tertiary/aromatic N) is 5. The van der Waals surface area contributed by atoms with Crippen molar-refractivity contribution in [1.29, 1.82) is 0 Å². The summed E-state index contributed by atoms with van der Waals surface area (Å²) in [5.74, 6) is 0.955. The van der Waals surface area contributed by atoms with Crippen molar-refractivity contribution < 1.29 is 0 Å². The van der Waals surface area contributed by atoms with Crippen molar-refractivity contribution in [2.45, 2.75) is 25.8 Å². The van der Waals surface area contributed by atoms with Gasteiger partial charge < -0.3 is 15.6 Å². The Morgan fingerprint density at radius 3 is 2.76 bits per heavy atom. The average molecular weight is 289 g/mol. The molecule has 0 bridgehead atoms. The Hall–Kier alpha value is -1.73. The SMILES string of the molecule is CCCC(CN)N1CCN(c2ncnc3nc[nH]c23)CC1. The van der Waals surface area contributed by atoms with Gasteiger partial charge in [0.1, 0.15) is 11.8 Å². The average Bonchev–Trinajstić information content (AvgIpc) is 3.01. The van der Waals surface area contributed by atoms with E-state index in [9.17, 15) is 0 Å². The number of nitrogens with two attached hydrogens (primary N) is 1. The molecule has 1 saturated heterocycles. The standard InChI is InChI=1S/C14H23N7/c1-2-3-11(8-15)20-4-6-21(7-5-20)14-12-13(17-9-16-12)18-10-19-14/h9-11H,2-8,15H2,1H3,(H,16,17,18,19). The van der Waals surface area contributed by atoms with Crippen LogP contribution in [0.3, 0.4) is 0 Å². The molecule has 7 heteroatoms. The van der Waals surface area contributed by atoms with E-state index in [1.807, 2.05) is 0 Å². The molecule has 114 valence electrons. The highest BCUT2D eigenvalue weighted by Crippen LogP contribution is 2.21. The predicted octanol–water partition coefficient (Wildman–Crippen LogP) is 0.602. The molecule has 0 spiro atoms. The molecule has 3 N–H and O–H groups in total. The quantitative estimate of drug-likeness (QED) is 0.838. The summed E-state index contributed by atoms with van der Waals surface area (Å²) in [4.78, 5) is 20.7. The van der Waals surface area contributed by atoms with Gasteiger partial charge in [-0.25, -0.2) is 15.0 Å². The van der Waals surface area contributed by atoms with Crippen molar-refractivity contribution in [3.63, 3.8) is 0 Å². The summed E-state index contributed by atoms with van der Waals surface area (Å²) in [7, 11) is 0. The summed E-state index contributed by atoms with van der Waals surface area (Å²) < 4.78 is 0. The van der Waals surface area contributed by atoms with Gasteiger partial charge in [-0.15, -0.1) is 0 Å². The van der Waals surface area contributed by atoms with Gasteiger partial charge in [0.05, 0.1) is 6.33 Å². The molecule has 0 saturated carbocycles. The molecule has 1 aliphatic rings. The van der Waals surface area contributed by atoms with Gasteiger partial charge in [0.15, 0.2) is 11.5 Å². The highest BCUT2D eigenvalue weighted by Gasteiger charge is 2.24. The molecule has 3 heterocycles. The van der Waals surface area contributed by atoms with Crippen LogP contribution in [-0.2, 0) is 0 Å². The number of piperazine rings is 1. The maximum absolute atomic E-state index is 5.91. The third-order valence-corrected chi connectivity index (χ3v) is 4.23. The first-order valence-electron chi connectivity index (χ1n) is 7.66. The van der Waals surface area contributed by atoms with Gasteiger partial charge in [-0.1, -0.05) is 13.3 Å². The van der Waals surface area contributed by atoms with E-state index >= 15 is 0 Å². The summed E-state index contributed by atoms with van der Waals surface area (Å²) >= 11 is 0. The van der Waals surface area contributed by atoms with Gasteiger partial charge in [0.2, 0.25) is 0 Å². The second-order valence-corrected chi connectivity index (χ2v) is 5.50. The van der Waals surface area contributed by atoms with Crippen LogP contribution in [0.15, 0.2) is 12.7 Å². The highest BCUT2D eigenvalue weighted by molar-refractivity contribution is 5.82. The summed E-state index contributed by atoms with van der Waals surface area (Å²) in [5, 5.41) is 0. The third-order valence-electron chi connectivity index (χ3n) is 4.23. The Balaban J connectivity index is 1.69. The van der Waals surface area contributed by atoms with Crippen LogP contribution in [-0.4, -0.2) is 63.6 Å². The van der Waals surface area contributed by atoms with Crippen molar-refractivity contribution in [2.24, 2.45) is 5.73 Å². The maximum atomic E-state index is 5.91. The predicted molar refractivity (Wildman–Crippen MR) is 83.2 cm³/mol. The number of aromatic nitrogens is 4. The summed E-state index contributed by atoms with van der Waals surface area (Å²) in [6.07, 6.45) is 5.62. The Morgan fingerprint density at radius 2 is 2.05 bits per heavy atom. The summed E-state index contributed by atoms with van der Waals surface area (Å²) in [6, 6.07) is 0.509. The molecule has 1 unspecified atom stereocenters. The lowest BCUT2D eigenvalue weighted by Crippen LogP contribution is -2.52. The first-order valence-corrected chi connectivity index (χ1v) is 7.66. The maximum Gasteiger partial charge on any atom is 0.182 e. The number of hydrogen-bond acceptors (Lipinski definition) is 6. The first-order chi connectivity index (χ1) is 10.3. The molecule has 0 aromatic carbocycles. The van der Waals surface area contributed by atoms with E-state index in [0.29, 0.717) is 6.04 Å². The minimum absolute atomic E-state index is 0.509. The van der Waals surface area contributed by atoms with E-state index in [1.54, 1.807) is 12.7 Å². The van der Waals surface area contributed by atoms with E-state index < -0.39 is 0 Å². The molecule has 7 nitrogen and oxygen atoms in total. The van der Waals surface area contributed by atoms with Crippen LogP contribution in [0.4, 0.5) is 5.82 Å². The van der Waals surface area contributed by atoms with Crippen LogP contribution in [0.25, 0.3) is 11.2 Å². The van der Waals surface area contributed by atoms with Crippen molar-refractivity contribution in [3.8, 4) is 0 Å². The van der Waals surface area contributed by atoms with E-state index in [4.69, 9.17) is 5.73 Å². The number of H-pyrrole nitrogens is 1. The third kappa shape index (κ3) is 2.84. The fourth-order valence-electron chi connectivity index (χ4n) is 3.07. The lowest BCUT2D eigenvalue weighted by Gasteiger charge is -2.39. The molecule has 1 atom stereocenters. The molecule has 2 aromatic heterocycles. The zero-order valence-corrected chi connectivity index (χ0v) is 12.5. The number of nitrogens with one attached hydrogen (secondary N) is 1. The monoisotopic (exact) mass is 289 g/mol. The van der Waals surface area contributed by atoms with Gasteiger partial charge >= 0.3 is 0 Å². The lowest BCUT2D eigenvalue weighted by molar-refractivity contribution is 0.179. The molecular weight excluding hydrogens is 266 g/mol. The molecule has 0 radical (unpaired) electrons. The van der Waals surface area contributed by atoms with Crippen molar-refractivity contribution in [1.82, 2.24) is 24.8 Å². The van der Waals surface area contributed by atoms with Crippen LogP contribution >= 0.6 is 0 Å². The van der Waals surface area contributed by atoms with E-state index in [2.05, 4.69) is 36.7 Å². The number of hydrogen-bond donors (Lipinski definition) is 2. The molecule has 0 aliphatic carbocycles. The summed E-state index contributed by atoms with van der Waals surface area (Å²) in [6.45, 7) is 6.95. The Labute approximate surface area is 124 Å². The van der Waals surface area contributed by atoms with E-state index in [0.717, 1.165) is 49.7 Å². The van der Waals surface area contributed by atoms with Gasteiger partial charge in [-0.2, -0.15) is 0 Å². The zero-order valence-electron chi connectivity index (χ0n) is 12.5. The van der Waals surface area contributed by atoms with E-state index in [1.165, 1.54) is 12.8 Å². The van der Waals surface area contributed by atoms with Crippen LogP contribution in [0.1, 0.15) is 19.8 Å².